The quantitative estimate of drug-likeness (QED) is 0.777. The minimum Gasteiger partial charge on any atom is -0.421 e. The minimum absolute atomic E-state index is 0.0809. The van der Waals surface area contributed by atoms with Crippen molar-refractivity contribution in [1.82, 2.24) is 25.7 Å². The van der Waals surface area contributed by atoms with Crippen LogP contribution in [0.1, 0.15) is 25.2 Å². The minimum atomic E-state index is -0.0809. The summed E-state index contributed by atoms with van der Waals surface area (Å²) in [5.41, 5.74) is 0.919. The maximum atomic E-state index is 12.4. The lowest BCUT2D eigenvalue weighted by molar-refractivity contribution is -0.129. The van der Waals surface area contributed by atoms with E-state index in [0.717, 1.165) is 44.6 Å². The molecule has 3 aliphatic heterocycles. The Labute approximate surface area is 170 Å². The fourth-order valence-corrected chi connectivity index (χ4v) is 4.72. The predicted octanol–water partition coefficient (Wildman–Crippen LogP) is 0.989. The first-order valence-corrected chi connectivity index (χ1v) is 10.5. The van der Waals surface area contributed by atoms with Crippen LogP contribution in [0.25, 0.3) is 11.5 Å². The van der Waals surface area contributed by atoms with E-state index in [1.165, 1.54) is 0 Å². The molecule has 3 atom stereocenters. The summed E-state index contributed by atoms with van der Waals surface area (Å²) >= 11 is 0. The Hall–Kier alpha value is -2.29. The average molecular weight is 397 g/mol. The number of hydrogen-bond acceptors (Lipinski definition) is 7. The van der Waals surface area contributed by atoms with Crippen molar-refractivity contribution in [2.24, 2.45) is 0 Å². The van der Waals surface area contributed by atoms with Crippen LogP contribution in [0, 0.1) is 0 Å². The average Bonchev–Trinajstić information content (AvgIpc) is 3.39. The number of piperazine rings is 1. The van der Waals surface area contributed by atoms with E-state index >= 15 is 0 Å². The maximum Gasteiger partial charge on any atom is 0.247 e. The highest BCUT2D eigenvalue weighted by atomic mass is 16.5. The molecular formula is C21H27N5O3. The summed E-state index contributed by atoms with van der Waals surface area (Å²) < 4.78 is 11.4. The van der Waals surface area contributed by atoms with Crippen molar-refractivity contribution in [2.45, 2.75) is 49.9 Å². The van der Waals surface area contributed by atoms with Crippen molar-refractivity contribution < 1.29 is 13.9 Å². The molecule has 154 valence electrons. The zero-order valence-corrected chi connectivity index (χ0v) is 16.4. The number of fused-ring (bicyclic) bond motifs is 1. The molecule has 2 N–H and O–H groups in total. The van der Waals surface area contributed by atoms with Crippen molar-refractivity contribution in [3.63, 3.8) is 0 Å². The number of aromatic nitrogens is 2. The van der Waals surface area contributed by atoms with Crippen molar-refractivity contribution in [3.05, 3.63) is 36.2 Å². The normalized spacial score (nSPS) is 28.3. The number of nitrogens with one attached hydrogen (secondary N) is 2. The molecule has 29 heavy (non-hydrogen) atoms. The van der Waals surface area contributed by atoms with Gasteiger partial charge in [0.1, 0.15) is 0 Å². The molecule has 1 aromatic carbocycles. The first-order valence-electron chi connectivity index (χ1n) is 10.5. The van der Waals surface area contributed by atoms with Crippen LogP contribution >= 0.6 is 0 Å². The third-order valence-electron chi connectivity index (χ3n) is 6.21. The van der Waals surface area contributed by atoms with Gasteiger partial charge < -0.3 is 19.8 Å². The lowest BCUT2D eigenvalue weighted by Gasteiger charge is -2.36. The topological polar surface area (TPSA) is 92.5 Å². The Morgan fingerprint density at radius 2 is 1.97 bits per heavy atom. The van der Waals surface area contributed by atoms with Crippen LogP contribution in [0.15, 0.2) is 34.7 Å². The van der Waals surface area contributed by atoms with E-state index in [-0.39, 0.29) is 18.0 Å². The fraction of sp³-hybridized carbons (Fsp3) is 0.571. The number of carbonyl (C=O) groups excluding carboxylic acids is 1. The van der Waals surface area contributed by atoms with Crippen LogP contribution in [-0.2, 0) is 16.0 Å². The molecule has 0 bridgehead atoms. The summed E-state index contributed by atoms with van der Waals surface area (Å²) in [6.07, 6.45) is 3.57. The van der Waals surface area contributed by atoms with Gasteiger partial charge in [-0.15, -0.1) is 10.2 Å². The van der Waals surface area contributed by atoms with Crippen molar-refractivity contribution in [3.8, 4) is 11.5 Å². The lowest BCUT2D eigenvalue weighted by Crippen LogP contribution is -2.58. The molecular weight excluding hydrogens is 370 g/mol. The summed E-state index contributed by atoms with van der Waals surface area (Å²) in [7, 11) is 0. The molecule has 0 radical (unpaired) electrons. The van der Waals surface area contributed by atoms with Gasteiger partial charge in [-0.2, -0.15) is 0 Å². The summed E-state index contributed by atoms with van der Waals surface area (Å²) in [6.45, 7) is 3.13. The standard InChI is InChI=1S/C21H27N5O3/c27-20-18-10-16(23-15-6-8-28-9-7-15)13-26(18)17(12-22-20)11-19-24-25-21(29-19)14-4-2-1-3-5-14/h1-5,15-18,23H,6-13H2,(H,22,27)/t16-,17+,18-/m0/s1. The number of nitrogens with zero attached hydrogens (tertiary/aromatic N) is 3. The fourth-order valence-electron chi connectivity index (χ4n) is 4.72. The molecule has 8 nitrogen and oxygen atoms in total. The number of amides is 1. The van der Waals surface area contributed by atoms with Gasteiger partial charge in [-0.3, -0.25) is 9.69 Å². The first-order chi connectivity index (χ1) is 14.3. The Morgan fingerprint density at radius 3 is 2.79 bits per heavy atom. The summed E-state index contributed by atoms with van der Waals surface area (Å²) in [5, 5.41) is 15.3. The molecule has 3 saturated heterocycles. The molecule has 5 rings (SSSR count). The van der Waals surface area contributed by atoms with Gasteiger partial charge in [0, 0.05) is 56.4 Å². The number of carbonyl (C=O) groups is 1. The van der Waals surface area contributed by atoms with Gasteiger partial charge in [0.05, 0.1) is 6.04 Å². The predicted molar refractivity (Wildman–Crippen MR) is 106 cm³/mol. The number of ether oxygens (including phenoxy) is 1. The van der Waals surface area contributed by atoms with Crippen molar-refractivity contribution in [2.75, 3.05) is 26.3 Å². The Bertz CT molecular complexity index is 836. The number of rotatable bonds is 5. The van der Waals surface area contributed by atoms with E-state index in [4.69, 9.17) is 9.15 Å². The third-order valence-corrected chi connectivity index (χ3v) is 6.21. The molecule has 3 aliphatic rings. The molecule has 0 unspecified atom stereocenters. The summed E-state index contributed by atoms with van der Waals surface area (Å²) in [4.78, 5) is 14.8. The first kappa shape index (κ1) is 18.7. The van der Waals surface area contributed by atoms with Crippen LogP contribution in [0.2, 0.25) is 0 Å². The lowest BCUT2D eigenvalue weighted by atomic mass is 10.0. The van der Waals surface area contributed by atoms with E-state index < -0.39 is 0 Å². The second-order valence-electron chi connectivity index (χ2n) is 8.17. The van der Waals surface area contributed by atoms with E-state index in [1.54, 1.807) is 0 Å². The van der Waals surface area contributed by atoms with Gasteiger partial charge >= 0.3 is 0 Å². The number of hydrogen-bond donors (Lipinski definition) is 2. The zero-order valence-electron chi connectivity index (χ0n) is 16.4. The molecule has 8 heteroatoms. The van der Waals surface area contributed by atoms with Gasteiger partial charge in [0.2, 0.25) is 17.7 Å². The molecule has 1 amide bonds. The van der Waals surface area contributed by atoms with Gasteiger partial charge in [0.25, 0.3) is 0 Å². The highest BCUT2D eigenvalue weighted by Crippen LogP contribution is 2.27. The second-order valence-corrected chi connectivity index (χ2v) is 8.17. The SMILES string of the molecule is O=C1NC[C@@H](Cc2nnc(-c3ccccc3)o2)N2C[C@@H](NC3CCOCC3)C[C@@H]12. The van der Waals surface area contributed by atoms with E-state index in [2.05, 4.69) is 25.7 Å². The molecule has 0 saturated carbocycles. The molecule has 2 aromatic rings. The van der Waals surface area contributed by atoms with Gasteiger partial charge in [-0.05, 0) is 31.4 Å². The Morgan fingerprint density at radius 1 is 1.14 bits per heavy atom. The zero-order chi connectivity index (χ0) is 19.6. The Balaban J connectivity index is 1.25. The van der Waals surface area contributed by atoms with Gasteiger partial charge in [-0.25, -0.2) is 0 Å². The highest BCUT2D eigenvalue weighted by Gasteiger charge is 2.44. The highest BCUT2D eigenvalue weighted by molar-refractivity contribution is 5.83. The van der Waals surface area contributed by atoms with Gasteiger partial charge in [0.15, 0.2) is 0 Å². The van der Waals surface area contributed by atoms with E-state index in [9.17, 15) is 4.79 Å². The molecule has 4 heterocycles. The van der Waals surface area contributed by atoms with Crippen molar-refractivity contribution >= 4 is 5.91 Å². The van der Waals surface area contributed by atoms with Gasteiger partial charge in [-0.1, -0.05) is 18.2 Å². The van der Waals surface area contributed by atoms with Crippen LogP contribution in [-0.4, -0.2) is 71.5 Å². The number of benzene rings is 1. The maximum absolute atomic E-state index is 12.4. The van der Waals surface area contributed by atoms with Crippen LogP contribution < -0.4 is 10.6 Å². The van der Waals surface area contributed by atoms with Crippen molar-refractivity contribution in [1.29, 1.82) is 0 Å². The molecule has 3 fully saturated rings. The van der Waals surface area contributed by atoms with Crippen LogP contribution in [0.3, 0.4) is 0 Å². The monoisotopic (exact) mass is 397 g/mol. The smallest absolute Gasteiger partial charge is 0.247 e. The third kappa shape index (κ3) is 4.05. The largest absolute Gasteiger partial charge is 0.421 e. The second kappa shape index (κ2) is 8.22. The molecule has 0 spiro atoms. The molecule has 1 aromatic heterocycles. The van der Waals surface area contributed by atoms with E-state index in [0.29, 0.717) is 36.8 Å². The molecule has 0 aliphatic carbocycles. The van der Waals surface area contributed by atoms with Crippen LogP contribution in [0.4, 0.5) is 0 Å². The van der Waals surface area contributed by atoms with E-state index in [1.807, 2.05) is 30.3 Å². The summed E-state index contributed by atoms with van der Waals surface area (Å²) in [5.74, 6) is 1.29. The summed E-state index contributed by atoms with van der Waals surface area (Å²) in [6, 6.07) is 10.7. The van der Waals surface area contributed by atoms with Crippen LogP contribution in [0.5, 0.6) is 0 Å². The Kier molecular flexibility index (Phi) is 5.30.